The molecule has 1 amide bonds. The number of aromatic nitrogens is 1. The van der Waals surface area contributed by atoms with Crippen molar-refractivity contribution in [1.82, 2.24) is 9.88 Å². The molecule has 0 aliphatic rings. The highest BCUT2D eigenvalue weighted by molar-refractivity contribution is 5.88. The normalized spacial score (nSPS) is 10.6. The minimum absolute atomic E-state index is 0.0486. The highest BCUT2D eigenvalue weighted by Crippen LogP contribution is 2.12. The van der Waals surface area contributed by atoms with Crippen molar-refractivity contribution in [2.24, 2.45) is 0 Å². The number of pyridine rings is 1. The standard InChI is InChI=1S/C16H19N3O/c1-13(20)18-16-5-3-14(4-6-16)11-19(2)12-15-7-9-17-10-8-15/h3-10H,11-12H2,1-2H3,(H,18,20). The van der Waals surface area contributed by atoms with Gasteiger partial charge in [-0.25, -0.2) is 0 Å². The first kappa shape index (κ1) is 14.2. The van der Waals surface area contributed by atoms with E-state index in [4.69, 9.17) is 0 Å². The van der Waals surface area contributed by atoms with Crippen LogP contribution >= 0.6 is 0 Å². The van der Waals surface area contributed by atoms with E-state index in [2.05, 4.69) is 22.2 Å². The van der Waals surface area contributed by atoms with Gasteiger partial charge < -0.3 is 5.32 Å². The summed E-state index contributed by atoms with van der Waals surface area (Å²) in [4.78, 5) is 17.2. The number of hydrogen-bond acceptors (Lipinski definition) is 3. The van der Waals surface area contributed by atoms with Gasteiger partial charge in [-0.3, -0.25) is 14.7 Å². The Labute approximate surface area is 119 Å². The molecule has 0 aliphatic heterocycles. The van der Waals surface area contributed by atoms with Gasteiger partial charge in [0.15, 0.2) is 0 Å². The molecule has 2 rings (SSSR count). The van der Waals surface area contributed by atoms with Crippen molar-refractivity contribution in [3.63, 3.8) is 0 Å². The number of carbonyl (C=O) groups is 1. The van der Waals surface area contributed by atoms with Crippen molar-refractivity contribution >= 4 is 11.6 Å². The Morgan fingerprint density at radius 3 is 2.15 bits per heavy atom. The largest absolute Gasteiger partial charge is 0.326 e. The molecular formula is C16H19N3O. The number of amides is 1. The van der Waals surface area contributed by atoms with Crippen molar-refractivity contribution in [1.29, 1.82) is 0 Å². The molecule has 4 nitrogen and oxygen atoms in total. The van der Waals surface area contributed by atoms with E-state index in [1.807, 2.05) is 48.8 Å². The lowest BCUT2D eigenvalue weighted by molar-refractivity contribution is -0.114. The number of nitrogens with one attached hydrogen (secondary N) is 1. The number of benzene rings is 1. The lowest BCUT2D eigenvalue weighted by Crippen LogP contribution is -2.17. The Hall–Kier alpha value is -2.20. The average molecular weight is 269 g/mol. The molecule has 0 aliphatic carbocycles. The molecule has 0 bridgehead atoms. The first-order chi connectivity index (χ1) is 9.63. The van der Waals surface area contributed by atoms with Gasteiger partial charge in [0, 0.05) is 38.1 Å². The zero-order chi connectivity index (χ0) is 14.4. The van der Waals surface area contributed by atoms with Crippen LogP contribution in [0, 0.1) is 0 Å². The number of hydrogen-bond donors (Lipinski definition) is 1. The molecule has 20 heavy (non-hydrogen) atoms. The minimum atomic E-state index is -0.0486. The van der Waals surface area contributed by atoms with Crippen LogP contribution in [0.2, 0.25) is 0 Å². The van der Waals surface area contributed by atoms with Gasteiger partial charge in [-0.1, -0.05) is 12.1 Å². The van der Waals surface area contributed by atoms with Crippen LogP contribution in [0.1, 0.15) is 18.1 Å². The Balaban J connectivity index is 1.91. The van der Waals surface area contributed by atoms with Gasteiger partial charge in [0.2, 0.25) is 5.91 Å². The maximum Gasteiger partial charge on any atom is 0.221 e. The highest BCUT2D eigenvalue weighted by Gasteiger charge is 2.02. The molecule has 0 fully saturated rings. The van der Waals surface area contributed by atoms with Crippen LogP contribution in [0.5, 0.6) is 0 Å². The number of nitrogens with zero attached hydrogens (tertiary/aromatic N) is 2. The number of anilines is 1. The highest BCUT2D eigenvalue weighted by atomic mass is 16.1. The van der Waals surface area contributed by atoms with Gasteiger partial charge in [-0.05, 0) is 42.4 Å². The maximum absolute atomic E-state index is 11.0. The van der Waals surface area contributed by atoms with Gasteiger partial charge >= 0.3 is 0 Å². The van der Waals surface area contributed by atoms with Gasteiger partial charge in [-0.15, -0.1) is 0 Å². The zero-order valence-electron chi connectivity index (χ0n) is 11.8. The van der Waals surface area contributed by atoms with Crippen LogP contribution in [0.25, 0.3) is 0 Å². The van der Waals surface area contributed by atoms with Crippen LogP contribution in [0.3, 0.4) is 0 Å². The third-order valence-electron chi connectivity index (χ3n) is 2.93. The van der Waals surface area contributed by atoms with Crippen molar-refractivity contribution in [2.75, 3.05) is 12.4 Å². The summed E-state index contributed by atoms with van der Waals surface area (Å²) >= 11 is 0. The number of rotatable bonds is 5. The Morgan fingerprint density at radius 2 is 1.60 bits per heavy atom. The Bertz CT molecular complexity index is 552. The summed E-state index contributed by atoms with van der Waals surface area (Å²) in [5.74, 6) is -0.0486. The second-order valence-electron chi connectivity index (χ2n) is 4.91. The molecule has 1 aromatic heterocycles. The summed E-state index contributed by atoms with van der Waals surface area (Å²) in [5.41, 5.74) is 3.30. The summed E-state index contributed by atoms with van der Waals surface area (Å²) in [6, 6.07) is 12.0. The fourth-order valence-corrected chi connectivity index (χ4v) is 2.06. The second-order valence-corrected chi connectivity index (χ2v) is 4.91. The first-order valence-electron chi connectivity index (χ1n) is 6.57. The maximum atomic E-state index is 11.0. The molecule has 0 spiro atoms. The third-order valence-corrected chi connectivity index (χ3v) is 2.93. The van der Waals surface area contributed by atoms with Crippen LogP contribution < -0.4 is 5.32 Å². The van der Waals surface area contributed by atoms with Crippen molar-refractivity contribution < 1.29 is 4.79 Å². The van der Waals surface area contributed by atoms with Crippen LogP contribution in [-0.4, -0.2) is 22.8 Å². The second kappa shape index (κ2) is 6.82. The van der Waals surface area contributed by atoms with E-state index in [1.165, 1.54) is 18.1 Å². The summed E-state index contributed by atoms with van der Waals surface area (Å²) < 4.78 is 0. The van der Waals surface area contributed by atoms with E-state index in [0.29, 0.717) is 0 Å². The molecule has 0 saturated heterocycles. The molecule has 1 heterocycles. The Kier molecular flexibility index (Phi) is 4.85. The van der Waals surface area contributed by atoms with E-state index >= 15 is 0 Å². The molecule has 104 valence electrons. The van der Waals surface area contributed by atoms with Crippen LogP contribution in [-0.2, 0) is 17.9 Å². The van der Waals surface area contributed by atoms with Crippen molar-refractivity contribution in [3.8, 4) is 0 Å². The van der Waals surface area contributed by atoms with E-state index in [9.17, 15) is 4.79 Å². The summed E-state index contributed by atoms with van der Waals surface area (Å²) in [6.07, 6.45) is 3.62. The SMILES string of the molecule is CC(=O)Nc1ccc(CN(C)Cc2ccncc2)cc1. The lowest BCUT2D eigenvalue weighted by atomic mass is 10.2. The topological polar surface area (TPSA) is 45.2 Å². The number of carbonyl (C=O) groups excluding carboxylic acids is 1. The molecule has 4 heteroatoms. The Morgan fingerprint density at radius 1 is 1.05 bits per heavy atom. The zero-order valence-corrected chi connectivity index (χ0v) is 11.8. The molecular weight excluding hydrogens is 250 g/mol. The van der Waals surface area contributed by atoms with Gasteiger partial charge in [0.1, 0.15) is 0 Å². The van der Waals surface area contributed by atoms with Gasteiger partial charge in [-0.2, -0.15) is 0 Å². The predicted molar refractivity (Wildman–Crippen MR) is 80.2 cm³/mol. The van der Waals surface area contributed by atoms with E-state index < -0.39 is 0 Å². The first-order valence-corrected chi connectivity index (χ1v) is 6.57. The molecule has 0 saturated carbocycles. The molecule has 0 radical (unpaired) electrons. The fraction of sp³-hybridized carbons (Fsp3) is 0.250. The monoisotopic (exact) mass is 269 g/mol. The summed E-state index contributed by atoms with van der Waals surface area (Å²) in [6.45, 7) is 3.26. The van der Waals surface area contributed by atoms with Crippen LogP contribution in [0.4, 0.5) is 5.69 Å². The van der Waals surface area contributed by atoms with Gasteiger partial charge in [0.05, 0.1) is 0 Å². The molecule has 2 aromatic rings. The quantitative estimate of drug-likeness (QED) is 0.907. The van der Waals surface area contributed by atoms with E-state index in [-0.39, 0.29) is 5.91 Å². The van der Waals surface area contributed by atoms with Crippen molar-refractivity contribution in [2.45, 2.75) is 20.0 Å². The van der Waals surface area contributed by atoms with E-state index in [1.54, 1.807) is 0 Å². The minimum Gasteiger partial charge on any atom is -0.326 e. The predicted octanol–water partition coefficient (Wildman–Crippen LogP) is 2.67. The average Bonchev–Trinajstić information content (AvgIpc) is 2.41. The smallest absolute Gasteiger partial charge is 0.221 e. The third kappa shape index (κ3) is 4.48. The molecule has 1 aromatic carbocycles. The molecule has 1 N–H and O–H groups in total. The summed E-state index contributed by atoms with van der Waals surface area (Å²) in [5, 5.41) is 2.77. The van der Waals surface area contributed by atoms with Crippen LogP contribution in [0.15, 0.2) is 48.8 Å². The molecule has 0 atom stereocenters. The fourth-order valence-electron chi connectivity index (χ4n) is 2.06. The molecule has 0 unspecified atom stereocenters. The summed E-state index contributed by atoms with van der Waals surface area (Å²) in [7, 11) is 2.09. The van der Waals surface area contributed by atoms with E-state index in [0.717, 1.165) is 18.8 Å². The lowest BCUT2D eigenvalue weighted by Gasteiger charge is -2.17. The van der Waals surface area contributed by atoms with Crippen molar-refractivity contribution in [3.05, 3.63) is 59.9 Å². The van der Waals surface area contributed by atoms with Gasteiger partial charge in [0.25, 0.3) is 0 Å².